The van der Waals surface area contributed by atoms with Crippen LogP contribution in [0.3, 0.4) is 0 Å². The van der Waals surface area contributed by atoms with Crippen LogP contribution in [0.15, 0.2) is 30.6 Å². The molecule has 35 heavy (non-hydrogen) atoms. The number of anilines is 2. The topological polar surface area (TPSA) is 77.4 Å². The normalized spacial score (nSPS) is 16.2. The number of nitrogens with zero attached hydrogens (tertiary/aromatic N) is 5. The van der Waals surface area contributed by atoms with Gasteiger partial charge in [0.1, 0.15) is 24.6 Å². The zero-order chi connectivity index (χ0) is 25.3. The fourth-order valence-electron chi connectivity index (χ4n) is 4.31. The average Bonchev–Trinajstić information content (AvgIpc) is 2.83. The number of halogens is 4. The first-order valence-electron chi connectivity index (χ1n) is 11.5. The van der Waals surface area contributed by atoms with E-state index in [2.05, 4.69) is 43.9 Å². The van der Waals surface area contributed by atoms with Crippen molar-refractivity contribution in [3.05, 3.63) is 52.7 Å². The van der Waals surface area contributed by atoms with E-state index >= 15 is 0 Å². The maximum atomic E-state index is 15.0. The summed E-state index contributed by atoms with van der Waals surface area (Å²) in [5, 5.41) is 13.0. The van der Waals surface area contributed by atoms with Gasteiger partial charge in [0.2, 0.25) is 0 Å². The van der Waals surface area contributed by atoms with E-state index in [1.165, 1.54) is 18.5 Å². The molecule has 1 aromatic carbocycles. The predicted molar refractivity (Wildman–Crippen MR) is 131 cm³/mol. The molecule has 1 saturated heterocycles. The molecule has 0 amide bonds. The quantitative estimate of drug-likeness (QED) is 0.451. The van der Waals surface area contributed by atoms with Crippen molar-refractivity contribution in [1.82, 2.24) is 19.9 Å². The van der Waals surface area contributed by atoms with Gasteiger partial charge in [-0.05, 0) is 32.9 Å². The number of alkyl halides is 2. The van der Waals surface area contributed by atoms with Gasteiger partial charge in [0, 0.05) is 37.8 Å². The summed E-state index contributed by atoms with van der Waals surface area (Å²) in [6, 6.07) is 5.34. The third-order valence-electron chi connectivity index (χ3n) is 6.39. The van der Waals surface area contributed by atoms with E-state index in [1.807, 2.05) is 6.07 Å². The number of benzene rings is 1. The molecule has 188 valence electrons. The minimum atomic E-state index is -3.68. The maximum absolute atomic E-state index is 15.0. The number of fused-ring (bicyclic) bond motifs is 1. The number of aromatic nitrogens is 3. The number of rotatable bonds is 7. The Hall–Kier alpha value is -2.69. The van der Waals surface area contributed by atoms with E-state index < -0.39 is 30.0 Å². The van der Waals surface area contributed by atoms with Gasteiger partial charge in [0.15, 0.2) is 10.8 Å². The highest BCUT2D eigenvalue weighted by molar-refractivity contribution is 6.32. The zero-order valence-corrected chi connectivity index (χ0v) is 20.5. The van der Waals surface area contributed by atoms with Gasteiger partial charge in [-0.25, -0.2) is 19.3 Å². The molecule has 1 fully saturated rings. The molecule has 2 aromatic heterocycles. The van der Waals surface area contributed by atoms with Crippen LogP contribution in [0.2, 0.25) is 5.15 Å². The molecule has 1 aliphatic rings. The Labute approximate surface area is 207 Å². The van der Waals surface area contributed by atoms with Gasteiger partial charge >= 0.3 is 0 Å². The third-order valence-corrected chi connectivity index (χ3v) is 6.66. The third kappa shape index (κ3) is 5.14. The van der Waals surface area contributed by atoms with Crippen molar-refractivity contribution in [2.75, 3.05) is 43.0 Å². The van der Waals surface area contributed by atoms with E-state index in [1.54, 1.807) is 6.92 Å². The van der Waals surface area contributed by atoms with Crippen LogP contribution < -0.4 is 10.2 Å². The Kier molecular flexibility index (Phi) is 7.35. The van der Waals surface area contributed by atoms with Crippen molar-refractivity contribution in [2.45, 2.75) is 38.8 Å². The van der Waals surface area contributed by atoms with Crippen molar-refractivity contribution in [1.29, 1.82) is 0 Å². The molecular weight excluding hydrogens is 481 g/mol. The highest BCUT2D eigenvalue weighted by Gasteiger charge is 2.35. The minimum absolute atomic E-state index is 0.0225. The predicted octanol–water partition coefficient (Wildman–Crippen LogP) is 4.60. The number of nitrogens with one attached hydrogen (secondary N) is 1. The molecule has 11 heteroatoms. The van der Waals surface area contributed by atoms with Gasteiger partial charge in [-0.3, -0.25) is 4.90 Å². The lowest BCUT2D eigenvalue weighted by molar-refractivity contribution is -0.0583. The van der Waals surface area contributed by atoms with E-state index in [9.17, 15) is 13.2 Å². The summed E-state index contributed by atoms with van der Waals surface area (Å²) in [5.74, 6) is -4.38. The molecule has 0 saturated carbocycles. The smallest absolute Gasteiger partial charge is 0.298 e. The monoisotopic (exact) mass is 508 g/mol. The van der Waals surface area contributed by atoms with Crippen molar-refractivity contribution in [3.63, 3.8) is 0 Å². The molecule has 0 spiro atoms. The van der Waals surface area contributed by atoms with E-state index in [0.29, 0.717) is 28.0 Å². The van der Waals surface area contributed by atoms with Gasteiger partial charge in [-0.2, -0.15) is 8.78 Å². The van der Waals surface area contributed by atoms with Crippen LogP contribution in [0.25, 0.3) is 11.0 Å². The lowest BCUT2D eigenvalue weighted by Crippen LogP contribution is -2.49. The van der Waals surface area contributed by atoms with Gasteiger partial charge in [0.25, 0.3) is 5.92 Å². The molecule has 7 nitrogen and oxygen atoms in total. The molecule has 3 heterocycles. The minimum Gasteiger partial charge on any atom is -0.390 e. The first-order valence-corrected chi connectivity index (χ1v) is 11.8. The van der Waals surface area contributed by atoms with Gasteiger partial charge in [0.05, 0.1) is 22.7 Å². The summed E-state index contributed by atoms with van der Waals surface area (Å²) in [4.78, 5) is 17.5. The van der Waals surface area contributed by atoms with Crippen molar-refractivity contribution >= 4 is 34.1 Å². The summed E-state index contributed by atoms with van der Waals surface area (Å²) in [6.07, 6.45) is 1.31. The number of hydrogen-bond acceptors (Lipinski definition) is 7. The molecule has 1 atom stereocenters. The summed E-state index contributed by atoms with van der Waals surface area (Å²) in [5.41, 5.74) is 0.290. The number of piperazine rings is 1. The summed E-state index contributed by atoms with van der Waals surface area (Å²) < 4.78 is 43.0. The maximum Gasteiger partial charge on any atom is 0.298 e. The molecule has 0 bridgehead atoms. The first kappa shape index (κ1) is 25.4. The molecule has 0 radical (unpaired) electrons. The second-order valence-electron chi connectivity index (χ2n) is 8.95. The molecule has 3 aromatic rings. The van der Waals surface area contributed by atoms with Crippen LogP contribution in [0.5, 0.6) is 0 Å². The van der Waals surface area contributed by atoms with Crippen LogP contribution in [0, 0.1) is 5.82 Å². The van der Waals surface area contributed by atoms with Crippen LogP contribution in [0.1, 0.15) is 37.9 Å². The second-order valence-corrected chi connectivity index (χ2v) is 9.30. The first-order chi connectivity index (χ1) is 16.6. The van der Waals surface area contributed by atoms with Crippen LogP contribution >= 0.6 is 11.6 Å². The van der Waals surface area contributed by atoms with E-state index in [0.717, 1.165) is 37.9 Å². The highest BCUT2D eigenvalue weighted by atomic mass is 35.5. The molecule has 2 N–H and O–H groups in total. The SMILES string of the molecule is CC(C)N1CCN(c2cc3c(N[C@H](C)c4cccc(C(F)(F)CO)c4F)ncnc3nc2Cl)CC1. The number of hydrogen-bond donors (Lipinski definition) is 2. The van der Waals surface area contributed by atoms with E-state index in [4.69, 9.17) is 16.7 Å². The number of aliphatic hydroxyl groups excluding tert-OH is 1. The van der Waals surface area contributed by atoms with Crippen molar-refractivity contribution in [3.8, 4) is 0 Å². The summed E-state index contributed by atoms with van der Waals surface area (Å²) in [7, 11) is 0. The van der Waals surface area contributed by atoms with Crippen molar-refractivity contribution in [2.24, 2.45) is 0 Å². The van der Waals surface area contributed by atoms with Crippen LogP contribution in [-0.4, -0.2) is 63.8 Å². The van der Waals surface area contributed by atoms with E-state index in [-0.39, 0.29) is 5.56 Å². The van der Waals surface area contributed by atoms with Gasteiger partial charge < -0.3 is 15.3 Å². The summed E-state index contributed by atoms with van der Waals surface area (Å²) in [6.45, 7) is 7.86. The second kappa shape index (κ2) is 10.1. The summed E-state index contributed by atoms with van der Waals surface area (Å²) >= 11 is 6.50. The Balaban J connectivity index is 1.64. The molecule has 4 rings (SSSR count). The lowest BCUT2D eigenvalue weighted by atomic mass is 10.0. The average molecular weight is 509 g/mol. The zero-order valence-electron chi connectivity index (χ0n) is 19.8. The highest BCUT2D eigenvalue weighted by Crippen LogP contribution is 2.35. The molecular formula is C24H28ClF3N6O. The van der Waals surface area contributed by atoms with Crippen LogP contribution in [0.4, 0.5) is 24.7 Å². The molecule has 1 aliphatic heterocycles. The van der Waals surface area contributed by atoms with Gasteiger partial charge in [-0.1, -0.05) is 23.7 Å². The fourth-order valence-corrected chi connectivity index (χ4v) is 4.56. The van der Waals surface area contributed by atoms with Crippen molar-refractivity contribution < 1.29 is 18.3 Å². The standard InChI is InChI=1S/C24H28ClF3N6O/c1-14(2)33-7-9-34(10-8-33)19-11-17-22(29-13-30-23(17)32-21(19)25)31-15(3)16-5-4-6-18(20(16)26)24(27,28)12-35/h4-6,11,13-15,35H,7-10,12H2,1-3H3,(H,29,30,31,32)/t15-/m1/s1. The fraction of sp³-hybridized carbons (Fsp3) is 0.458. The Morgan fingerprint density at radius 1 is 1.14 bits per heavy atom. The number of aliphatic hydroxyl groups is 1. The largest absolute Gasteiger partial charge is 0.390 e. The van der Waals surface area contributed by atoms with Gasteiger partial charge in [-0.15, -0.1) is 0 Å². The Bertz CT molecular complexity index is 1200. The molecule has 0 aliphatic carbocycles. The lowest BCUT2D eigenvalue weighted by Gasteiger charge is -2.38. The molecule has 0 unspecified atom stereocenters. The Morgan fingerprint density at radius 2 is 1.86 bits per heavy atom. The van der Waals surface area contributed by atoms with Crippen LogP contribution in [-0.2, 0) is 5.92 Å². The number of pyridine rings is 1. The Morgan fingerprint density at radius 3 is 2.51 bits per heavy atom.